The molecule has 1 aliphatic rings. The highest BCUT2D eigenvalue weighted by molar-refractivity contribution is 7.57. The molecule has 0 aromatic carbocycles. The van der Waals surface area contributed by atoms with Crippen molar-refractivity contribution in [2.45, 2.75) is 0 Å². The summed E-state index contributed by atoms with van der Waals surface area (Å²) in [5.41, 5.74) is 0. The van der Waals surface area contributed by atoms with E-state index in [9.17, 15) is 0 Å². The lowest BCUT2D eigenvalue weighted by molar-refractivity contribution is 0.304. The zero-order chi connectivity index (χ0) is 22.4. The van der Waals surface area contributed by atoms with Crippen molar-refractivity contribution in [3.05, 3.63) is 0 Å². The molecule has 0 aromatic heterocycles. The van der Waals surface area contributed by atoms with Crippen molar-refractivity contribution in [2.75, 3.05) is 0 Å². The van der Waals surface area contributed by atoms with Gasteiger partial charge in [-0.1, -0.05) is 155 Å². The number of halogens is 14. The Hall–Kier alpha value is 5.30. The summed E-state index contributed by atoms with van der Waals surface area (Å²) in [6.07, 6.45) is 0. The lowest BCUT2D eigenvalue weighted by Crippen LogP contribution is -2.58. The Morgan fingerprint density at radius 3 is 0.357 bits per heavy atom. The molecule has 0 amide bonds. The second-order valence-corrected chi connectivity index (χ2v) is 41.1. The lowest BCUT2D eigenvalue weighted by atomic mass is 15.7. The second-order valence-electron chi connectivity index (χ2n) is 3.96. The summed E-state index contributed by atoms with van der Waals surface area (Å²) >= 11 is 82.7. The van der Waals surface area contributed by atoms with Gasteiger partial charge in [-0.25, -0.2) is 0 Å². The van der Waals surface area contributed by atoms with Gasteiger partial charge in [-0.2, -0.15) is 0 Å². The Morgan fingerprint density at radius 2 is 0.286 bits per heavy atom. The van der Waals surface area contributed by atoms with Crippen molar-refractivity contribution in [3.63, 3.8) is 0 Å². The van der Waals surface area contributed by atoms with Crippen LogP contribution in [0.15, 0.2) is 0 Å². The fourth-order valence-electron chi connectivity index (χ4n) is 1.11. The summed E-state index contributed by atoms with van der Waals surface area (Å²) in [5, 5.41) is 0. The molecular formula is Cl14O7Si7. The average molecular weight is 805 g/mol. The van der Waals surface area contributed by atoms with Crippen LogP contribution >= 0.6 is 155 Å². The van der Waals surface area contributed by atoms with E-state index in [2.05, 4.69) is 0 Å². The van der Waals surface area contributed by atoms with E-state index in [1.807, 2.05) is 0 Å². The normalized spacial score (nSPS) is 31.5. The Morgan fingerprint density at radius 1 is 0.214 bits per heavy atom. The van der Waals surface area contributed by atoms with Crippen molar-refractivity contribution >= 4 is 205 Å². The van der Waals surface area contributed by atoms with Gasteiger partial charge < -0.3 is 28.8 Å². The summed E-state index contributed by atoms with van der Waals surface area (Å²) in [6, 6.07) is 0. The lowest BCUT2D eigenvalue weighted by Gasteiger charge is -2.35. The van der Waals surface area contributed by atoms with E-state index >= 15 is 0 Å². The third-order valence-electron chi connectivity index (χ3n) is 1.66. The minimum absolute atomic E-state index is 4.41. The maximum atomic E-state index is 5.91. The Balaban J connectivity index is 3.34. The number of hydrogen-bond donors (Lipinski definition) is 0. The standard InChI is InChI=1S/Cl14O7Si7/c1-22(2)15-23(3,4)17-25(7,8)19-27(11,12)21-28(13,14)20-26(9,10)18-24(5,6)16-22. The van der Waals surface area contributed by atoms with E-state index in [4.69, 9.17) is 184 Å². The van der Waals surface area contributed by atoms with E-state index in [1.165, 1.54) is 0 Å². The number of hydrogen-bond acceptors (Lipinski definition) is 7. The minimum Gasteiger partial charge on any atom is -0.368 e. The maximum absolute atomic E-state index is 5.91. The molecule has 0 N–H and O–H groups in total. The first kappa shape index (κ1) is 31.3. The third kappa shape index (κ3) is 12.8. The zero-order valence-corrected chi connectivity index (χ0v) is 29.2. The summed E-state index contributed by atoms with van der Waals surface area (Å²) in [4.78, 5) is 0. The van der Waals surface area contributed by atoms with Gasteiger partial charge in [0.2, 0.25) is 0 Å². The molecule has 7 nitrogen and oxygen atoms in total. The third-order valence-corrected chi connectivity index (χ3v) is 34.4. The largest absolute Gasteiger partial charge is 0.536 e. The SMILES string of the molecule is Cl[Si]1(Cl)O[Si](Cl)(Cl)O[Si](Cl)(Cl)O[Si](Cl)(Cl)O[Si](Cl)(Cl)O[Si](Cl)(Cl)O[Si](Cl)(Cl)O1. The molecule has 28 heavy (non-hydrogen) atoms. The average Bonchev–Trinajstić information content (AvgIpc) is 2.10. The predicted molar refractivity (Wildman–Crippen MR) is 130 cm³/mol. The van der Waals surface area contributed by atoms with Gasteiger partial charge in [0.05, 0.1) is 0 Å². The van der Waals surface area contributed by atoms with Crippen LogP contribution in [0.2, 0.25) is 0 Å². The highest BCUT2D eigenvalue weighted by Crippen LogP contribution is 2.43. The molecule has 168 valence electrons. The molecule has 0 saturated carbocycles. The van der Waals surface area contributed by atoms with Crippen LogP contribution in [-0.4, -0.2) is 50.3 Å². The van der Waals surface area contributed by atoms with Gasteiger partial charge in [-0.05, 0) is 0 Å². The van der Waals surface area contributed by atoms with Gasteiger partial charge in [0.25, 0.3) is 0 Å². The van der Waals surface area contributed by atoms with E-state index in [0.29, 0.717) is 0 Å². The first-order chi connectivity index (χ1) is 11.9. The Bertz CT molecular complexity index is 399. The van der Waals surface area contributed by atoms with E-state index < -0.39 is 50.3 Å². The van der Waals surface area contributed by atoms with Crippen LogP contribution in [0.1, 0.15) is 0 Å². The Labute approximate surface area is 231 Å². The van der Waals surface area contributed by atoms with E-state index in [0.717, 1.165) is 0 Å². The Kier molecular flexibility index (Phi) is 12.0. The molecule has 1 heterocycles. The molecule has 0 unspecified atom stereocenters. The van der Waals surface area contributed by atoms with Crippen molar-refractivity contribution in [1.82, 2.24) is 0 Å². The van der Waals surface area contributed by atoms with Crippen LogP contribution in [0.5, 0.6) is 0 Å². The number of rotatable bonds is 0. The van der Waals surface area contributed by atoms with Gasteiger partial charge >= 0.3 is 50.3 Å². The van der Waals surface area contributed by atoms with Gasteiger partial charge in [0, 0.05) is 0 Å². The van der Waals surface area contributed by atoms with Crippen LogP contribution in [0.25, 0.3) is 0 Å². The fraction of sp³-hybridized carbons (Fsp3) is 0. The molecule has 0 atom stereocenters. The van der Waals surface area contributed by atoms with E-state index in [1.54, 1.807) is 0 Å². The van der Waals surface area contributed by atoms with Crippen LogP contribution in [-0.2, 0) is 28.8 Å². The minimum atomic E-state index is -4.41. The summed E-state index contributed by atoms with van der Waals surface area (Å²) < 4.78 is 35.1. The van der Waals surface area contributed by atoms with Crippen LogP contribution in [0.3, 0.4) is 0 Å². The predicted octanol–water partition coefficient (Wildman–Crippen LogP) is 6.51. The monoisotopic (exact) mass is 797 g/mol. The van der Waals surface area contributed by atoms with Crippen molar-refractivity contribution in [1.29, 1.82) is 0 Å². The highest BCUT2D eigenvalue weighted by Gasteiger charge is 2.64. The van der Waals surface area contributed by atoms with Crippen molar-refractivity contribution in [3.8, 4) is 0 Å². The van der Waals surface area contributed by atoms with Crippen molar-refractivity contribution < 1.29 is 28.8 Å². The molecule has 0 bridgehead atoms. The molecular weight excluding hydrogens is 805 g/mol. The molecule has 28 heteroatoms. The summed E-state index contributed by atoms with van der Waals surface area (Å²) in [6.45, 7) is 0. The molecule has 1 aliphatic heterocycles. The van der Waals surface area contributed by atoms with Crippen LogP contribution in [0, 0.1) is 0 Å². The molecule has 1 fully saturated rings. The van der Waals surface area contributed by atoms with Gasteiger partial charge in [-0.15, -0.1) is 0 Å². The zero-order valence-electron chi connectivity index (χ0n) is 11.6. The molecule has 1 saturated heterocycles. The summed E-state index contributed by atoms with van der Waals surface area (Å²) in [5.74, 6) is 0. The highest BCUT2D eigenvalue weighted by atomic mass is 35.7. The quantitative estimate of drug-likeness (QED) is 0.205. The smallest absolute Gasteiger partial charge is 0.368 e. The molecule has 0 radical (unpaired) electrons. The van der Waals surface area contributed by atoms with Gasteiger partial charge in [-0.3, -0.25) is 0 Å². The first-order valence-corrected chi connectivity index (χ1v) is 32.4. The second kappa shape index (κ2) is 10.7. The van der Waals surface area contributed by atoms with Crippen LogP contribution < -0.4 is 0 Å². The molecule has 0 spiro atoms. The van der Waals surface area contributed by atoms with Gasteiger partial charge in [0.1, 0.15) is 0 Å². The summed E-state index contributed by atoms with van der Waals surface area (Å²) in [7, 11) is -30.9. The molecule has 0 aromatic rings. The van der Waals surface area contributed by atoms with Gasteiger partial charge in [0.15, 0.2) is 0 Å². The molecule has 0 aliphatic carbocycles. The first-order valence-electron chi connectivity index (χ1n) is 5.50. The van der Waals surface area contributed by atoms with E-state index in [-0.39, 0.29) is 0 Å². The fourth-order valence-corrected chi connectivity index (χ4v) is 50.0. The van der Waals surface area contributed by atoms with Crippen LogP contribution in [0.4, 0.5) is 0 Å². The maximum Gasteiger partial charge on any atom is 0.536 e. The topological polar surface area (TPSA) is 64.6 Å². The van der Waals surface area contributed by atoms with Crippen molar-refractivity contribution in [2.24, 2.45) is 0 Å². The molecule has 1 rings (SSSR count).